The molecule has 1 aromatic heterocycles. The number of aromatic hydroxyl groups is 1. The molecule has 3 aromatic rings. The molecule has 152 valence electrons. The molecule has 0 amide bonds. The Bertz CT molecular complexity index is 1120. The Morgan fingerprint density at radius 1 is 1.07 bits per heavy atom. The van der Waals surface area contributed by atoms with Crippen LogP contribution < -0.4 is 5.63 Å². The lowest BCUT2D eigenvalue weighted by atomic mass is 9.92. The Kier molecular flexibility index (Phi) is 5.78. The molecule has 3 rings (SSSR count). The average Bonchev–Trinajstić information content (AvgIpc) is 2.64. The van der Waals surface area contributed by atoms with E-state index in [0.717, 1.165) is 11.1 Å². The molecule has 2 aromatic carbocycles. The maximum Gasteiger partial charge on any atom is 0.342 e. The number of phenols is 1. The van der Waals surface area contributed by atoms with E-state index in [1.807, 2.05) is 52.8 Å². The highest BCUT2D eigenvalue weighted by Crippen LogP contribution is 2.33. The van der Waals surface area contributed by atoms with Crippen molar-refractivity contribution >= 4 is 16.9 Å². The summed E-state index contributed by atoms with van der Waals surface area (Å²) in [5.41, 5.74) is 3.29. The number of aryl methyl sites for hydroxylation is 1. The molecule has 0 aliphatic carbocycles. The van der Waals surface area contributed by atoms with Crippen molar-refractivity contribution in [1.29, 1.82) is 0 Å². The standard InChI is InChI=1S/C24H26O5/c1-13(2)16-9-19(14(3)4)23(26)20(10-16)24(27)28-12-17-11-22(25)29-21-8-15(5)6-7-18(17)21/h6-11,13-14,26H,12H2,1-5H3. The maximum atomic E-state index is 12.8. The highest BCUT2D eigenvalue weighted by atomic mass is 16.5. The fourth-order valence-electron chi connectivity index (χ4n) is 3.29. The van der Waals surface area contributed by atoms with E-state index in [1.165, 1.54) is 6.07 Å². The summed E-state index contributed by atoms with van der Waals surface area (Å²) in [5, 5.41) is 11.3. The number of ether oxygens (including phenoxy) is 1. The third-order valence-corrected chi connectivity index (χ3v) is 5.01. The Morgan fingerprint density at radius 3 is 2.45 bits per heavy atom. The van der Waals surface area contributed by atoms with Crippen LogP contribution in [0, 0.1) is 6.92 Å². The van der Waals surface area contributed by atoms with Crippen molar-refractivity contribution in [2.45, 2.75) is 53.1 Å². The number of hydrogen-bond donors (Lipinski definition) is 1. The zero-order valence-electron chi connectivity index (χ0n) is 17.4. The SMILES string of the molecule is Cc1ccc2c(COC(=O)c3cc(C(C)C)cc(C(C)C)c3O)cc(=O)oc2c1. The average molecular weight is 394 g/mol. The largest absolute Gasteiger partial charge is 0.507 e. The van der Waals surface area contributed by atoms with Gasteiger partial charge in [0, 0.05) is 17.0 Å². The summed E-state index contributed by atoms with van der Waals surface area (Å²) >= 11 is 0. The second kappa shape index (κ2) is 8.11. The van der Waals surface area contributed by atoms with Crippen molar-refractivity contribution in [2.24, 2.45) is 0 Å². The van der Waals surface area contributed by atoms with E-state index in [-0.39, 0.29) is 29.8 Å². The summed E-state index contributed by atoms with van der Waals surface area (Å²) in [5.74, 6) is -0.417. The third kappa shape index (κ3) is 4.34. The number of carbonyl (C=O) groups is 1. The number of esters is 1. The number of fused-ring (bicyclic) bond motifs is 1. The van der Waals surface area contributed by atoms with Crippen molar-refractivity contribution in [1.82, 2.24) is 0 Å². The second-order valence-corrected chi connectivity index (χ2v) is 7.98. The second-order valence-electron chi connectivity index (χ2n) is 7.98. The summed E-state index contributed by atoms with van der Waals surface area (Å²) in [6, 6.07) is 10.4. The Hall–Kier alpha value is -3.08. The van der Waals surface area contributed by atoms with Crippen molar-refractivity contribution in [3.8, 4) is 5.75 Å². The van der Waals surface area contributed by atoms with Crippen LogP contribution in [0.25, 0.3) is 11.0 Å². The first-order valence-corrected chi connectivity index (χ1v) is 9.74. The molecular weight excluding hydrogens is 368 g/mol. The molecule has 0 aliphatic heterocycles. The predicted octanol–water partition coefficient (Wildman–Crippen LogP) is 5.41. The van der Waals surface area contributed by atoms with Gasteiger partial charge in [-0.25, -0.2) is 9.59 Å². The molecule has 29 heavy (non-hydrogen) atoms. The van der Waals surface area contributed by atoms with Gasteiger partial charge in [0.05, 0.1) is 0 Å². The lowest BCUT2D eigenvalue weighted by molar-refractivity contribution is 0.0470. The molecule has 0 radical (unpaired) electrons. The number of hydrogen-bond acceptors (Lipinski definition) is 5. The first kappa shape index (κ1) is 20.6. The molecule has 0 fully saturated rings. The van der Waals surface area contributed by atoms with Crippen molar-refractivity contribution in [3.63, 3.8) is 0 Å². The van der Waals surface area contributed by atoms with Crippen LogP contribution in [0.4, 0.5) is 0 Å². The monoisotopic (exact) mass is 394 g/mol. The first-order valence-electron chi connectivity index (χ1n) is 9.74. The van der Waals surface area contributed by atoms with E-state index in [0.29, 0.717) is 22.1 Å². The highest BCUT2D eigenvalue weighted by molar-refractivity contribution is 5.93. The normalized spacial score (nSPS) is 11.4. The molecule has 5 nitrogen and oxygen atoms in total. The fourth-order valence-corrected chi connectivity index (χ4v) is 3.29. The van der Waals surface area contributed by atoms with E-state index in [4.69, 9.17) is 9.15 Å². The van der Waals surface area contributed by atoms with Gasteiger partial charge in [-0.15, -0.1) is 0 Å². The van der Waals surface area contributed by atoms with Gasteiger partial charge in [0.15, 0.2) is 0 Å². The molecule has 0 unspecified atom stereocenters. The minimum Gasteiger partial charge on any atom is -0.507 e. The molecule has 5 heteroatoms. The zero-order chi connectivity index (χ0) is 21.3. The lowest BCUT2D eigenvalue weighted by Gasteiger charge is -2.16. The van der Waals surface area contributed by atoms with Gasteiger partial charge in [-0.2, -0.15) is 0 Å². The number of rotatable bonds is 5. The maximum absolute atomic E-state index is 12.8. The van der Waals surface area contributed by atoms with Crippen LogP contribution in [0.3, 0.4) is 0 Å². The van der Waals surface area contributed by atoms with Crippen LogP contribution >= 0.6 is 0 Å². The van der Waals surface area contributed by atoms with Crippen molar-refractivity contribution in [3.05, 3.63) is 74.6 Å². The van der Waals surface area contributed by atoms with Crippen molar-refractivity contribution in [2.75, 3.05) is 0 Å². The van der Waals surface area contributed by atoms with Crippen molar-refractivity contribution < 1.29 is 19.1 Å². The molecule has 0 aliphatic rings. The van der Waals surface area contributed by atoms with Crippen LogP contribution in [-0.4, -0.2) is 11.1 Å². The summed E-state index contributed by atoms with van der Waals surface area (Å²) in [6.45, 7) is 9.80. The molecule has 0 saturated heterocycles. The van der Waals surface area contributed by atoms with Crippen LogP contribution in [0.15, 0.2) is 45.6 Å². The summed E-state index contributed by atoms with van der Waals surface area (Å²) in [7, 11) is 0. The number of phenolic OH excluding ortho intramolecular Hbond substituents is 1. The molecule has 1 heterocycles. The molecule has 0 spiro atoms. The quantitative estimate of drug-likeness (QED) is 0.462. The van der Waals surface area contributed by atoms with E-state index in [2.05, 4.69) is 0 Å². The molecule has 1 N–H and O–H groups in total. The van der Waals surface area contributed by atoms with E-state index < -0.39 is 11.6 Å². The van der Waals surface area contributed by atoms with Crippen LogP contribution in [0.5, 0.6) is 5.75 Å². The van der Waals surface area contributed by atoms with Gasteiger partial charge in [0.25, 0.3) is 0 Å². The van der Waals surface area contributed by atoms with Gasteiger partial charge in [0.2, 0.25) is 0 Å². The fraction of sp³-hybridized carbons (Fsp3) is 0.333. The van der Waals surface area contributed by atoms with Gasteiger partial charge in [-0.1, -0.05) is 45.9 Å². The van der Waals surface area contributed by atoms with E-state index in [9.17, 15) is 14.7 Å². The Balaban J connectivity index is 1.94. The third-order valence-electron chi connectivity index (χ3n) is 5.01. The van der Waals surface area contributed by atoms with Gasteiger partial charge >= 0.3 is 11.6 Å². The lowest BCUT2D eigenvalue weighted by Crippen LogP contribution is -2.10. The van der Waals surface area contributed by atoms with Crippen LogP contribution in [0.1, 0.15) is 72.1 Å². The summed E-state index contributed by atoms with van der Waals surface area (Å²) < 4.78 is 10.7. The van der Waals surface area contributed by atoms with Crippen LogP contribution in [0.2, 0.25) is 0 Å². The van der Waals surface area contributed by atoms with Gasteiger partial charge < -0.3 is 14.3 Å². The minimum atomic E-state index is -0.625. The summed E-state index contributed by atoms with van der Waals surface area (Å²) in [4.78, 5) is 24.7. The topological polar surface area (TPSA) is 76.7 Å². The molecule has 0 atom stereocenters. The smallest absolute Gasteiger partial charge is 0.342 e. The van der Waals surface area contributed by atoms with Crippen LogP contribution in [-0.2, 0) is 11.3 Å². The summed E-state index contributed by atoms with van der Waals surface area (Å²) in [6.07, 6.45) is 0. The molecule has 0 saturated carbocycles. The highest BCUT2D eigenvalue weighted by Gasteiger charge is 2.21. The molecular formula is C24H26O5. The van der Waals surface area contributed by atoms with Gasteiger partial charge in [-0.3, -0.25) is 0 Å². The minimum absolute atomic E-state index is 0.0533. The van der Waals surface area contributed by atoms with E-state index in [1.54, 1.807) is 12.1 Å². The van der Waals surface area contributed by atoms with E-state index >= 15 is 0 Å². The molecule has 0 bridgehead atoms. The number of benzene rings is 2. The zero-order valence-corrected chi connectivity index (χ0v) is 17.4. The first-order chi connectivity index (χ1) is 13.7. The Labute approximate surface area is 169 Å². The predicted molar refractivity (Wildman–Crippen MR) is 113 cm³/mol. The number of carbonyl (C=O) groups excluding carboxylic acids is 1. The van der Waals surface area contributed by atoms with Gasteiger partial charge in [-0.05, 0) is 47.6 Å². The Morgan fingerprint density at radius 2 is 1.79 bits per heavy atom. The van der Waals surface area contributed by atoms with Gasteiger partial charge in [0.1, 0.15) is 23.5 Å².